The van der Waals surface area contributed by atoms with Gasteiger partial charge in [-0.05, 0) is 48.4 Å². The fraction of sp³-hybridized carbons (Fsp3) is 0.720. The maximum Gasteiger partial charge on any atom is 0.235 e. The highest BCUT2D eigenvalue weighted by molar-refractivity contribution is 6.74. The zero-order valence-corrected chi connectivity index (χ0v) is 24.7. The zero-order valence-electron chi connectivity index (χ0n) is 22.7. The normalized spacial score (nSPS) is 21.7. The molecular formula is C25H43N3O4Si2. The average Bonchev–Trinajstić information content (AvgIpc) is 3.39. The van der Waals surface area contributed by atoms with Gasteiger partial charge < -0.3 is 18.3 Å². The molecule has 0 fully saturated rings. The van der Waals surface area contributed by atoms with Gasteiger partial charge in [0.1, 0.15) is 36.7 Å². The van der Waals surface area contributed by atoms with Gasteiger partial charge in [0.05, 0.1) is 13.2 Å². The Hall–Kier alpha value is -1.56. The van der Waals surface area contributed by atoms with Crippen molar-refractivity contribution in [2.45, 2.75) is 89.9 Å². The summed E-state index contributed by atoms with van der Waals surface area (Å²) in [5.41, 5.74) is 1.39. The molecule has 0 saturated carbocycles. The molecule has 0 unspecified atom stereocenters. The summed E-state index contributed by atoms with van der Waals surface area (Å²) >= 11 is 0. The number of hydrogen-bond donors (Lipinski definition) is 0. The molecule has 190 valence electrons. The molecule has 0 aromatic carbocycles. The van der Waals surface area contributed by atoms with E-state index in [9.17, 15) is 0 Å². The molecule has 2 atom stereocenters. The lowest BCUT2D eigenvalue weighted by Crippen LogP contribution is -2.42. The summed E-state index contributed by atoms with van der Waals surface area (Å²) in [4.78, 5) is 14.2. The molecule has 2 aliphatic rings. The van der Waals surface area contributed by atoms with E-state index >= 15 is 0 Å². The van der Waals surface area contributed by atoms with Crippen LogP contribution in [0.4, 0.5) is 0 Å². The van der Waals surface area contributed by atoms with Crippen molar-refractivity contribution in [3.63, 3.8) is 0 Å². The van der Waals surface area contributed by atoms with E-state index in [0.717, 1.165) is 0 Å². The third-order valence-corrected chi connectivity index (χ3v) is 16.5. The highest BCUT2D eigenvalue weighted by atomic mass is 28.4. The minimum absolute atomic E-state index is 0.00785. The Labute approximate surface area is 207 Å². The molecule has 0 radical (unpaired) electrons. The van der Waals surface area contributed by atoms with E-state index in [2.05, 4.69) is 67.7 Å². The maximum absolute atomic E-state index is 6.33. The molecule has 3 rings (SSSR count). The molecule has 1 aromatic heterocycles. The van der Waals surface area contributed by atoms with Gasteiger partial charge in [-0.15, -0.1) is 0 Å². The Kier molecular flexibility index (Phi) is 7.82. The predicted octanol–water partition coefficient (Wildman–Crippen LogP) is 5.42. The fourth-order valence-corrected chi connectivity index (χ4v) is 5.08. The Bertz CT molecular complexity index is 862. The molecule has 0 N–H and O–H groups in total. The van der Waals surface area contributed by atoms with Gasteiger partial charge in [0.25, 0.3) is 0 Å². The number of ether oxygens (including phenoxy) is 2. The van der Waals surface area contributed by atoms with E-state index in [-0.39, 0.29) is 22.2 Å². The summed E-state index contributed by atoms with van der Waals surface area (Å²) in [6, 6.07) is 5.74. The first-order valence-electron chi connectivity index (χ1n) is 12.3. The molecule has 2 aliphatic heterocycles. The van der Waals surface area contributed by atoms with Crippen molar-refractivity contribution in [1.82, 2.24) is 4.98 Å². The summed E-state index contributed by atoms with van der Waals surface area (Å²) in [6.07, 6.45) is 0. The van der Waals surface area contributed by atoms with Crippen LogP contribution < -0.4 is 0 Å². The third-order valence-electron chi connectivity index (χ3n) is 7.50. The Morgan fingerprint density at radius 1 is 0.765 bits per heavy atom. The topological polar surface area (TPSA) is 74.5 Å². The molecule has 7 nitrogen and oxygen atoms in total. The first-order valence-corrected chi connectivity index (χ1v) is 18.1. The lowest BCUT2D eigenvalue weighted by atomic mass is 10.2. The van der Waals surface area contributed by atoms with Crippen LogP contribution in [0.25, 0.3) is 0 Å². The van der Waals surface area contributed by atoms with Gasteiger partial charge in [0, 0.05) is 0 Å². The van der Waals surface area contributed by atoms with Gasteiger partial charge in [-0.25, -0.2) is 15.0 Å². The van der Waals surface area contributed by atoms with Crippen molar-refractivity contribution in [2.75, 3.05) is 26.4 Å². The second-order valence-corrected chi connectivity index (χ2v) is 22.0. The largest absolute Gasteiger partial charge is 0.474 e. The van der Waals surface area contributed by atoms with Crippen molar-refractivity contribution in [3.8, 4) is 0 Å². The molecule has 0 bridgehead atoms. The lowest BCUT2D eigenvalue weighted by Gasteiger charge is -2.36. The summed E-state index contributed by atoms with van der Waals surface area (Å²) in [5.74, 6) is 1.11. The van der Waals surface area contributed by atoms with Crippen LogP contribution >= 0.6 is 0 Å². The molecule has 34 heavy (non-hydrogen) atoms. The Morgan fingerprint density at radius 2 is 1.15 bits per heavy atom. The van der Waals surface area contributed by atoms with Crippen LogP contribution in [-0.4, -0.2) is 71.9 Å². The third kappa shape index (κ3) is 6.36. The van der Waals surface area contributed by atoms with Crippen molar-refractivity contribution >= 4 is 28.4 Å². The Balaban J connectivity index is 1.63. The number of aromatic nitrogens is 1. The number of rotatable bonds is 8. The molecule has 9 heteroatoms. The van der Waals surface area contributed by atoms with Crippen LogP contribution in [0.2, 0.25) is 36.3 Å². The van der Waals surface area contributed by atoms with E-state index in [1.807, 2.05) is 18.2 Å². The summed E-state index contributed by atoms with van der Waals surface area (Å²) in [5, 5.41) is 0.342. The van der Waals surface area contributed by atoms with Crippen molar-refractivity contribution in [2.24, 2.45) is 9.98 Å². The van der Waals surface area contributed by atoms with Crippen LogP contribution in [0.5, 0.6) is 0 Å². The molecule has 0 aliphatic carbocycles. The second kappa shape index (κ2) is 9.83. The summed E-state index contributed by atoms with van der Waals surface area (Å²) < 4.78 is 24.4. The van der Waals surface area contributed by atoms with Crippen LogP contribution in [0.1, 0.15) is 52.9 Å². The molecule has 3 heterocycles. The maximum atomic E-state index is 6.33. The van der Waals surface area contributed by atoms with Crippen molar-refractivity contribution in [1.29, 1.82) is 0 Å². The average molecular weight is 506 g/mol. The van der Waals surface area contributed by atoms with Gasteiger partial charge in [0.15, 0.2) is 16.6 Å². The minimum Gasteiger partial charge on any atom is -0.474 e. The highest BCUT2D eigenvalue weighted by Gasteiger charge is 2.39. The minimum atomic E-state index is -1.82. The molecule has 0 spiro atoms. The van der Waals surface area contributed by atoms with Crippen LogP contribution in [0.15, 0.2) is 28.2 Å². The van der Waals surface area contributed by atoms with E-state index < -0.39 is 16.6 Å². The monoisotopic (exact) mass is 505 g/mol. The van der Waals surface area contributed by atoms with Gasteiger partial charge in [-0.1, -0.05) is 47.6 Å². The second-order valence-electron chi connectivity index (χ2n) is 12.3. The molecule has 0 saturated heterocycles. The summed E-state index contributed by atoms with van der Waals surface area (Å²) in [6.45, 7) is 24.7. The van der Waals surface area contributed by atoms with E-state index in [1.165, 1.54) is 0 Å². The standard InChI is InChI=1S/C25H43N3O4Si2/c1-24(2,3)33(7,8)31-16-18-14-29-22(26-18)20-12-11-13-21(28-20)23-27-19(15-30-23)17-32-34(9,10)25(4,5)6/h11-13,18-19H,14-17H2,1-10H3/t18-,19-/m0/s1. The fourth-order valence-electron chi connectivity index (χ4n) is 3.00. The molecule has 0 amide bonds. The summed E-state index contributed by atoms with van der Waals surface area (Å²) in [7, 11) is -3.63. The first kappa shape index (κ1) is 27.0. The first-order chi connectivity index (χ1) is 15.6. The van der Waals surface area contributed by atoms with Crippen molar-refractivity contribution < 1.29 is 18.3 Å². The van der Waals surface area contributed by atoms with Gasteiger partial charge in [-0.3, -0.25) is 0 Å². The zero-order chi connectivity index (χ0) is 25.4. The lowest BCUT2D eigenvalue weighted by molar-refractivity contribution is 0.228. The van der Waals surface area contributed by atoms with E-state index in [4.69, 9.17) is 33.3 Å². The number of nitrogens with zero attached hydrogens (tertiary/aromatic N) is 3. The number of pyridine rings is 1. The SMILES string of the molecule is CC(C)(C)[Si](C)(C)OC[C@@H]1COC(c2cccc(C3=N[C@H](CO[Si](C)(C)C(C)(C)C)CO3)n2)=N1. The quantitative estimate of drug-likeness (QED) is 0.441. The van der Waals surface area contributed by atoms with Gasteiger partial charge in [-0.2, -0.15) is 0 Å². The molecular weight excluding hydrogens is 462 g/mol. The van der Waals surface area contributed by atoms with Crippen molar-refractivity contribution in [3.05, 3.63) is 29.6 Å². The van der Waals surface area contributed by atoms with Crippen LogP contribution in [-0.2, 0) is 18.3 Å². The van der Waals surface area contributed by atoms with E-state index in [0.29, 0.717) is 49.6 Å². The predicted molar refractivity (Wildman–Crippen MR) is 143 cm³/mol. The number of hydrogen-bond acceptors (Lipinski definition) is 7. The number of aliphatic imine (C=N–C) groups is 2. The smallest absolute Gasteiger partial charge is 0.235 e. The van der Waals surface area contributed by atoms with Crippen LogP contribution in [0, 0.1) is 0 Å². The highest BCUT2D eigenvalue weighted by Crippen LogP contribution is 2.37. The molecule has 1 aromatic rings. The van der Waals surface area contributed by atoms with Crippen LogP contribution in [0.3, 0.4) is 0 Å². The van der Waals surface area contributed by atoms with E-state index in [1.54, 1.807) is 0 Å². The van der Waals surface area contributed by atoms with Gasteiger partial charge >= 0.3 is 0 Å². The Morgan fingerprint density at radius 3 is 1.50 bits per heavy atom. The van der Waals surface area contributed by atoms with Gasteiger partial charge in [0.2, 0.25) is 11.8 Å².